The van der Waals surface area contributed by atoms with Crippen LogP contribution < -0.4 is 9.80 Å². The number of amides is 2. The van der Waals surface area contributed by atoms with E-state index in [9.17, 15) is 9.59 Å². The van der Waals surface area contributed by atoms with Gasteiger partial charge in [0.2, 0.25) is 0 Å². The summed E-state index contributed by atoms with van der Waals surface area (Å²) in [6, 6.07) is 25.5. The van der Waals surface area contributed by atoms with Crippen molar-refractivity contribution in [3.63, 3.8) is 0 Å². The molecule has 0 unspecified atom stereocenters. The third-order valence-corrected chi connectivity index (χ3v) is 6.38. The lowest BCUT2D eigenvalue weighted by molar-refractivity contribution is -0.120. The summed E-state index contributed by atoms with van der Waals surface area (Å²) >= 11 is 0. The Kier molecular flexibility index (Phi) is 5.47. The lowest BCUT2D eigenvalue weighted by Gasteiger charge is -2.37. The van der Waals surface area contributed by atoms with E-state index in [0.29, 0.717) is 30.0 Å². The number of anilines is 2. The molecule has 3 aromatic carbocycles. The summed E-state index contributed by atoms with van der Waals surface area (Å²) in [4.78, 5) is 33.0. The van der Waals surface area contributed by atoms with Gasteiger partial charge in [0.05, 0.1) is 11.3 Å². The Morgan fingerprint density at radius 3 is 1.91 bits per heavy atom. The minimum Gasteiger partial charge on any atom is -0.368 e. The molecular formula is C28H27N3O2. The van der Waals surface area contributed by atoms with Crippen molar-refractivity contribution >= 4 is 28.8 Å². The average Bonchev–Trinajstić information content (AvgIpc) is 3.10. The maximum Gasteiger partial charge on any atom is 0.282 e. The van der Waals surface area contributed by atoms with Crippen molar-refractivity contribution in [2.24, 2.45) is 0 Å². The highest BCUT2D eigenvalue weighted by atomic mass is 16.2. The van der Waals surface area contributed by atoms with Crippen LogP contribution in [-0.4, -0.2) is 42.9 Å². The molecule has 0 atom stereocenters. The van der Waals surface area contributed by atoms with Crippen LogP contribution in [0, 0.1) is 13.8 Å². The molecule has 5 nitrogen and oxygen atoms in total. The molecule has 2 amide bonds. The quantitative estimate of drug-likeness (QED) is 0.567. The van der Waals surface area contributed by atoms with Gasteiger partial charge in [-0.2, -0.15) is 0 Å². The lowest BCUT2D eigenvalue weighted by atomic mass is 10.0. The van der Waals surface area contributed by atoms with Crippen LogP contribution in [0.15, 0.2) is 84.6 Å². The smallest absolute Gasteiger partial charge is 0.282 e. The Morgan fingerprint density at radius 2 is 1.24 bits per heavy atom. The second-order valence-electron chi connectivity index (χ2n) is 8.68. The fraction of sp³-hybridized carbons (Fsp3) is 0.214. The molecule has 1 fully saturated rings. The zero-order chi connectivity index (χ0) is 22.9. The third kappa shape index (κ3) is 3.91. The molecule has 1 saturated heterocycles. The van der Waals surface area contributed by atoms with E-state index in [4.69, 9.17) is 0 Å². The molecule has 3 aromatic rings. The van der Waals surface area contributed by atoms with Crippen molar-refractivity contribution in [2.75, 3.05) is 36.0 Å². The molecule has 0 bridgehead atoms. The summed E-state index contributed by atoms with van der Waals surface area (Å²) in [7, 11) is 0. The number of nitrogens with zero attached hydrogens (tertiary/aromatic N) is 3. The highest BCUT2D eigenvalue weighted by Gasteiger charge is 2.43. The Hall–Kier alpha value is -3.86. The van der Waals surface area contributed by atoms with E-state index in [2.05, 4.69) is 41.0 Å². The predicted octanol–water partition coefficient (Wildman–Crippen LogP) is 4.41. The average molecular weight is 438 g/mol. The number of carbonyl (C=O) groups excluding carboxylic acids is 2. The van der Waals surface area contributed by atoms with E-state index < -0.39 is 0 Å². The highest BCUT2D eigenvalue weighted by Crippen LogP contribution is 2.35. The summed E-state index contributed by atoms with van der Waals surface area (Å²) < 4.78 is 0. The number of hydrogen-bond acceptors (Lipinski definition) is 4. The first-order valence-corrected chi connectivity index (χ1v) is 11.3. The van der Waals surface area contributed by atoms with Crippen LogP contribution in [0.1, 0.15) is 16.7 Å². The number of hydrogen-bond donors (Lipinski definition) is 0. The van der Waals surface area contributed by atoms with E-state index in [0.717, 1.165) is 24.2 Å². The van der Waals surface area contributed by atoms with Crippen LogP contribution >= 0.6 is 0 Å². The van der Waals surface area contributed by atoms with Crippen LogP contribution in [0.25, 0.3) is 5.57 Å². The lowest BCUT2D eigenvalue weighted by Crippen LogP contribution is -2.47. The van der Waals surface area contributed by atoms with Crippen molar-refractivity contribution < 1.29 is 9.59 Å². The maximum absolute atomic E-state index is 13.7. The number of aryl methyl sites for hydroxylation is 2. The van der Waals surface area contributed by atoms with Crippen molar-refractivity contribution in [3.05, 3.63) is 101 Å². The van der Waals surface area contributed by atoms with Gasteiger partial charge >= 0.3 is 0 Å². The summed E-state index contributed by atoms with van der Waals surface area (Å²) in [6.45, 7) is 7.06. The zero-order valence-electron chi connectivity index (χ0n) is 19.0. The molecule has 5 rings (SSSR count). The summed E-state index contributed by atoms with van der Waals surface area (Å²) in [5, 5.41) is 0. The highest BCUT2D eigenvalue weighted by molar-refractivity contribution is 6.45. The molecule has 0 radical (unpaired) electrons. The maximum atomic E-state index is 13.7. The second kappa shape index (κ2) is 8.58. The standard InChI is InChI=1S/C28H27N3O2/c1-20-11-13-22(14-12-20)25-26(28(33)31(27(25)32)23-8-4-3-5-9-23)30-17-15-29(16-18-30)24-10-6-7-21(2)19-24/h3-14,19H,15-18H2,1-2H3. The Morgan fingerprint density at radius 1 is 0.606 bits per heavy atom. The van der Waals surface area contributed by atoms with Gasteiger partial charge < -0.3 is 9.80 Å². The molecule has 0 spiro atoms. The first-order valence-electron chi connectivity index (χ1n) is 11.3. The van der Waals surface area contributed by atoms with E-state index in [1.807, 2.05) is 49.4 Å². The summed E-state index contributed by atoms with van der Waals surface area (Å²) in [5.41, 5.74) is 5.93. The van der Waals surface area contributed by atoms with Crippen molar-refractivity contribution in [3.8, 4) is 0 Å². The van der Waals surface area contributed by atoms with Gasteiger partial charge in [-0.3, -0.25) is 9.59 Å². The number of piperazine rings is 1. The molecule has 2 heterocycles. The van der Waals surface area contributed by atoms with Gasteiger partial charge in [0.25, 0.3) is 11.8 Å². The number of rotatable bonds is 4. The number of para-hydroxylation sites is 1. The number of benzene rings is 3. The minimum atomic E-state index is -0.258. The van der Waals surface area contributed by atoms with Crippen molar-refractivity contribution in [2.45, 2.75) is 13.8 Å². The van der Waals surface area contributed by atoms with Crippen LogP contribution in [0.2, 0.25) is 0 Å². The van der Waals surface area contributed by atoms with E-state index in [-0.39, 0.29) is 11.8 Å². The van der Waals surface area contributed by atoms with Crippen LogP contribution in [-0.2, 0) is 9.59 Å². The predicted molar refractivity (Wildman–Crippen MR) is 132 cm³/mol. The molecule has 166 valence electrons. The molecule has 2 aliphatic rings. The Bertz CT molecular complexity index is 1220. The van der Waals surface area contributed by atoms with Gasteiger partial charge in [-0.25, -0.2) is 4.90 Å². The van der Waals surface area contributed by atoms with Crippen molar-refractivity contribution in [1.29, 1.82) is 0 Å². The van der Waals surface area contributed by atoms with Gasteiger partial charge in [-0.05, 0) is 49.2 Å². The van der Waals surface area contributed by atoms with Gasteiger partial charge in [0, 0.05) is 31.9 Å². The summed E-state index contributed by atoms with van der Waals surface area (Å²) in [6.07, 6.45) is 0. The zero-order valence-corrected chi connectivity index (χ0v) is 19.0. The van der Waals surface area contributed by atoms with Gasteiger partial charge in [-0.15, -0.1) is 0 Å². The largest absolute Gasteiger partial charge is 0.368 e. The number of carbonyl (C=O) groups is 2. The van der Waals surface area contributed by atoms with E-state index in [1.165, 1.54) is 16.2 Å². The Balaban J connectivity index is 1.49. The fourth-order valence-electron chi connectivity index (χ4n) is 4.62. The van der Waals surface area contributed by atoms with E-state index in [1.54, 1.807) is 12.1 Å². The molecule has 5 heteroatoms. The second-order valence-corrected chi connectivity index (χ2v) is 8.68. The minimum absolute atomic E-state index is 0.245. The number of imide groups is 1. The Labute approximate surface area is 194 Å². The molecule has 0 aliphatic carbocycles. The first kappa shape index (κ1) is 21.0. The summed E-state index contributed by atoms with van der Waals surface area (Å²) in [5.74, 6) is -0.503. The molecule has 0 aromatic heterocycles. The van der Waals surface area contributed by atoms with Crippen LogP contribution in [0.5, 0.6) is 0 Å². The monoisotopic (exact) mass is 437 g/mol. The molecule has 0 saturated carbocycles. The fourth-order valence-corrected chi connectivity index (χ4v) is 4.62. The van der Waals surface area contributed by atoms with Gasteiger partial charge in [0.1, 0.15) is 5.70 Å². The van der Waals surface area contributed by atoms with E-state index >= 15 is 0 Å². The van der Waals surface area contributed by atoms with Crippen LogP contribution in [0.4, 0.5) is 11.4 Å². The normalized spacial score (nSPS) is 16.7. The first-order chi connectivity index (χ1) is 16.0. The molecule has 0 N–H and O–H groups in total. The molecule has 33 heavy (non-hydrogen) atoms. The third-order valence-electron chi connectivity index (χ3n) is 6.38. The van der Waals surface area contributed by atoms with Crippen LogP contribution in [0.3, 0.4) is 0 Å². The topological polar surface area (TPSA) is 43.9 Å². The molecular weight excluding hydrogens is 410 g/mol. The van der Waals surface area contributed by atoms with Gasteiger partial charge in [-0.1, -0.05) is 60.2 Å². The van der Waals surface area contributed by atoms with Crippen molar-refractivity contribution in [1.82, 2.24) is 4.90 Å². The SMILES string of the molecule is Cc1ccc(C2=C(N3CCN(c4cccc(C)c4)CC3)C(=O)N(c3ccccc3)C2=O)cc1. The van der Waals surface area contributed by atoms with Gasteiger partial charge in [0.15, 0.2) is 0 Å². The molecule has 2 aliphatic heterocycles.